The van der Waals surface area contributed by atoms with Gasteiger partial charge in [-0.15, -0.1) is 0 Å². The number of nitrogens with one attached hydrogen (secondary N) is 1. The maximum Gasteiger partial charge on any atom is 0.129 e. The average Bonchev–Trinajstić information content (AvgIpc) is 2.40. The van der Waals surface area contributed by atoms with Crippen molar-refractivity contribution < 1.29 is 0 Å². The molecular formula is C17H31N3. The fourth-order valence-corrected chi connectivity index (χ4v) is 2.33. The van der Waals surface area contributed by atoms with Crippen LogP contribution in [0, 0.1) is 5.92 Å². The molecule has 0 aliphatic carbocycles. The Labute approximate surface area is 124 Å². The molecule has 1 aromatic rings. The van der Waals surface area contributed by atoms with Crippen LogP contribution in [0.5, 0.6) is 0 Å². The van der Waals surface area contributed by atoms with Crippen molar-refractivity contribution in [2.75, 3.05) is 24.5 Å². The molecule has 1 aromatic heterocycles. The highest BCUT2D eigenvalue weighted by Gasteiger charge is 2.07. The lowest BCUT2D eigenvalue weighted by Gasteiger charge is -2.21. The zero-order chi connectivity index (χ0) is 15.0. The van der Waals surface area contributed by atoms with Crippen molar-refractivity contribution in [2.24, 2.45) is 5.92 Å². The van der Waals surface area contributed by atoms with Crippen molar-refractivity contribution in [3.63, 3.8) is 0 Å². The smallest absolute Gasteiger partial charge is 0.129 e. The second-order valence-corrected chi connectivity index (χ2v) is 5.77. The maximum absolute atomic E-state index is 4.81. The molecule has 0 atom stereocenters. The number of hydrogen-bond donors (Lipinski definition) is 1. The van der Waals surface area contributed by atoms with Gasteiger partial charge in [0.1, 0.15) is 5.82 Å². The Balaban J connectivity index is 2.86. The minimum absolute atomic E-state index is 0.689. The third-order valence-corrected chi connectivity index (χ3v) is 3.40. The summed E-state index contributed by atoms with van der Waals surface area (Å²) in [6.45, 7) is 15.1. The average molecular weight is 277 g/mol. The number of rotatable bonds is 9. The predicted molar refractivity (Wildman–Crippen MR) is 88.3 cm³/mol. The summed E-state index contributed by atoms with van der Waals surface area (Å²) in [7, 11) is 0. The topological polar surface area (TPSA) is 28.2 Å². The zero-order valence-corrected chi connectivity index (χ0v) is 13.9. The molecule has 1 heterocycles. The first kappa shape index (κ1) is 17.0. The normalized spacial score (nSPS) is 11.1. The van der Waals surface area contributed by atoms with E-state index in [-0.39, 0.29) is 0 Å². The first-order valence-corrected chi connectivity index (χ1v) is 8.06. The molecular weight excluding hydrogens is 246 g/mol. The quantitative estimate of drug-likeness (QED) is 0.747. The van der Waals surface area contributed by atoms with Crippen LogP contribution in [0.15, 0.2) is 12.1 Å². The van der Waals surface area contributed by atoms with Crippen molar-refractivity contribution in [3.05, 3.63) is 23.4 Å². The van der Waals surface area contributed by atoms with E-state index in [1.54, 1.807) is 0 Å². The van der Waals surface area contributed by atoms with Crippen LogP contribution in [0.25, 0.3) is 0 Å². The molecule has 0 bridgehead atoms. The van der Waals surface area contributed by atoms with Gasteiger partial charge in [-0.2, -0.15) is 0 Å². The van der Waals surface area contributed by atoms with Gasteiger partial charge >= 0.3 is 0 Å². The first-order chi connectivity index (χ1) is 9.60. The van der Waals surface area contributed by atoms with Crippen molar-refractivity contribution in [1.82, 2.24) is 10.3 Å². The molecule has 0 fully saturated rings. The highest BCUT2D eigenvalue weighted by molar-refractivity contribution is 5.42. The Bertz CT molecular complexity index is 384. The molecule has 3 heteroatoms. The Morgan fingerprint density at radius 1 is 1.15 bits per heavy atom. The lowest BCUT2D eigenvalue weighted by molar-refractivity contribution is 0.552. The van der Waals surface area contributed by atoms with E-state index in [0.29, 0.717) is 5.92 Å². The fourth-order valence-electron chi connectivity index (χ4n) is 2.33. The largest absolute Gasteiger partial charge is 0.357 e. The third kappa shape index (κ3) is 5.49. The van der Waals surface area contributed by atoms with Crippen molar-refractivity contribution in [1.29, 1.82) is 0 Å². The highest BCUT2D eigenvalue weighted by atomic mass is 15.2. The van der Waals surface area contributed by atoms with E-state index in [1.807, 2.05) is 0 Å². The summed E-state index contributed by atoms with van der Waals surface area (Å²) in [6.07, 6.45) is 2.21. The van der Waals surface area contributed by atoms with Crippen molar-refractivity contribution in [2.45, 2.75) is 54.0 Å². The third-order valence-electron chi connectivity index (χ3n) is 3.40. The molecule has 3 nitrogen and oxygen atoms in total. The summed E-state index contributed by atoms with van der Waals surface area (Å²) in [6, 6.07) is 4.49. The Kier molecular flexibility index (Phi) is 7.60. The van der Waals surface area contributed by atoms with E-state index in [2.05, 4.69) is 57.0 Å². The molecule has 1 rings (SSSR count). The Morgan fingerprint density at radius 3 is 2.40 bits per heavy atom. The molecule has 0 aliphatic heterocycles. The fraction of sp³-hybridized carbons (Fsp3) is 0.706. The van der Waals surface area contributed by atoms with Gasteiger partial charge in [0.05, 0.1) is 0 Å². The first-order valence-electron chi connectivity index (χ1n) is 8.06. The van der Waals surface area contributed by atoms with Crippen LogP contribution >= 0.6 is 0 Å². The van der Waals surface area contributed by atoms with Crippen LogP contribution in [0.4, 0.5) is 5.82 Å². The van der Waals surface area contributed by atoms with E-state index in [0.717, 1.165) is 44.8 Å². The maximum atomic E-state index is 4.81. The minimum Gasteiger partial charge on any atom is -0.357 e. The van der Waals surface area contributed by atoms with Gasteiger partial charge in [-0.25, -0.2) is 4.98 Å². The number of pyridine rings is 1. The Morgan fingerprint density at radius 2 is 1.85 bits per heavy atom. The summed E-state index contributed by atoms with van der Waals surface area (Å²) in [5.74, 6) is 1.82. The number of anilines is 1. The van der Waals surface area contributed by atoms with Crippen LogP contribution < -0.4 is 10.2 Å². The standard InChI is InChI=1S/C17H31N3/c1-6-9-16-10-15(13-18-12-14(4)5)11-17(19-16)20(7-2)8-3/h10-11,14,18H,6-9,12-13H2,1-5H3. The highest BCUT2D eigenvalue weighted by Crippen LogP contribution is 2.16. The molecule has 0 saturated carbocycles. The molecule has 0 radical (unpaired) electrons. The summed E-state index contributed by atoms with van der Waals surface area (Å²) in [4.78, 5) is 7.13. The van der Waals surface area contributed by atoms with E-state index in [4.69, 9.17) is 4.98 Å². The summed E-state index contributed by atoms with van der Waals surface area (Å²) >= 11 is 0. The number of aromatic nitrogens is 1. The molecule has 0 spiro atoms. The van der Waals surface area contributed by atoms with Crippen molar-refractivity contribution >= 4 is 5.82 Å². The van der Waals surface area contributed by atoms with Gasteiger partial charge in [-0.05, 0) is 50.4 Å². The monoisotopic (exact) mass is 277 g/mol. The van der Waals surface area contributed by atoms with E-state index < -0.39 is 0 Å². The molecule has 0 amide bonds. The molecule has 0 aliphatic rings. The van der Waals surface area contributed by atoms with Gasteiger partial charge < -0.3 is 10.2 Å². The Hall–Kier alpha value is -1.09. The van der Waals surface area contributed by atoms with Gasteiger partial charge in [0, 0.05) is 25.3 Å². The summed E-state index contributed by atoms with van der Waals surface area (Å²) in [5.41, 5.74) is 2.57. The lowest BCUT2D eigenvalue weighted by Crippen LogP contribution is -2.24. The molecule has 0 aromatic carbocycles. The molecule has 20 heavy (non-hydrogen) atoms. The van der Waals surface area contributed by atoms with Gasteiger partial charge in [0.2, 0.25) is 0 Å². The van der Waals surface area contributed by atoms with Crippen LogP contribution in [0.2, 0.25) is 0 Å². The zero-order valence-electron chi connectivity index (χ0n) is 13.9. The molecule has 1 N–H and O–H groups in total. The van der Waals surface area contributed by atoms with Crippen LogP contribution in [0.1, 0.15) is 52.3 Å². The van der Waals surface area contributed by atoms with Crippen molar-refractivity contribution in [3.8, 4) is 0 Å². The minimum atomic E-state index is 0.689. The predicted octanol–water partition coefficient (Wildman–Crippen LogP) is 3.63. The molecule has 114 valence electrons. The van der Waals surface area contributed by atoms with Gasteiger partial charge in [0.25, 0.3) is 0 Å². The van der Waals surface area contributed by atoms with Gasteiger partial charge in [0.15, 0.2) is 0 Å². The van der Waals surface area contributed by atoms with Crippen LogP contribution in [-0.4, -0.2) is 24.6 Å². The number of aryl methyl sites for hydroxylation is 1. The molecule has 0 unspecified atom stereocenters. The van der Waals surface area contributed by atoms with E-state index in [1.165, 1.54) is 11.3 Å². The van der Waals surface area contributed by atoms with E-state index >= 15 is 0 Å². The number of hydrogen-bond acceptors (Lipinski definition) is 3. The summed E-state index contributed by atoms with van der Waals surface area (Å²) in [5, 5.41) is 3.53. The summed E-state index contributed by atoms with van der Waals surface area (Å²) < 4.78 is 0. The lowest BCUT2D eigenvalue weighted by atomic mass is 10.1. The number of nitrogens with zero attached hydrogens (tertiary/aromatic N) is 2. The molecule has 0 saturated heterocycles. The second-order valence-electron chi connectivity index (χ2n) is 5.77. The second kappa shape index (κ2) is 8.96. The van der Waals surface area contributed by atoms with Crippen LogP contribution in [0.3, 0.4) is 0 Å². The SMILES string of the molecule is CCCc1cc(CNCC(C)C)cc(N(CC)CC)n1. The van der Waals surface area contributed by atoms with E-state index in [9.17, 15) is 0 Å². The van der Waals surface area contributed by atoms with Gasteiger partial charge in [-0.3, -0.25) is 0 Å². The van der Waals surface area contributed by atoms with Gasteiger partial charge in [-0.1, -0.05) is 27.2 Å². The van der Waals surface area contributed by atoms with Crippen LogP contribution in [-0.2, 0) is 13.0 Å².